The highest BCUT2D eigenvalue weighted by molar-refractivity contribution is 7.99. The second-order valence-electron chi connectivity index (χ2n) is 13.3. The average Bonchev–Trinajstić information content (AvgIpc) is 3.35. The van der Waals surface area contributed by atoms with E-state index in [-0.39, 0.29) is 23.8 Å². The molecular weight excluding hydrogens is 578 g/mol. The maximum absolute atomic E-state index is 13.9. The molecule has 1 saturated heterocycles. The standard InChI is InChI=1S/C33H47N5O5S/c1-10-41-27-14-12-11-13-23(27)21-37(31(40)43-33(7,8)9)25-19-28(35-38-26(22(2)3)20-34-29(25)38)44-24-15-17-36(18-16-24)30(39)42-32(4,5)6/h11-14,19-20,22,24H,10,15-18,21H2,1-9H3. The molecule has 1 aliphatic rings. The van der Waals surface area contributed by atoms with Crippen molar-refractivity contribution in [2.24, 2.45) is 0 Å². The van der Waals surface area contributed by atoms with Gasteiger partial charge in [-0.25, -0.2) is 19.1 Å². The van der Waals surface area contributed by atoms with E-state index in [1.165, 1.54) is 0 Å². The summed E-state index contributed by atoms with van der Waals surface area (Å²) in [6.45, 7) is 19.3. The number of anilines is 1. The maximum Gasteiger partial charge on any atom is 0.415 e. The van der Waals surface area contributed by atoms with Crippen molar-refractivity contribution in [3.05, 3.63) is 47.8 Å². The van der Waals surface area contributed by atoms with Crippen LogP contribution in [0.5, 0.6) is 5.75 Å². The molecule has 0 radical (unpaired) electrons. The number of para-hydroxylation sites is 1. The average molecular weight is 626 g/mol. The molecule has 0 atom stereocenters. The molecule has 0 saturated carbocycles. The Labute approximate surface area is 265 Å². The Morgan fingerprint density at radius 3 is 2.32 bits per heavy atom. The monoisotopic (exact) mass is 625 g/mol. The van der Waals surface area contributed by atoms with Gasteiger partial charge in [-0.05, 0) is 79.4 Å². The Balaban J connectivity index is 1.70. The van der Waals surface area contributed by atoms with Crippen LogP contribution in [-0.4, -0.2) is 67.8 Å². The summed E-state index contributed by atoms with van der Waals surface area (Å²) in [4.78, 5) is 34.6. The van der Waals surface area contributed by atoms with E-state index in [0.29, 0.717) is 36.8 Å². The number of likely N-dealkylation sites (tertiary alicyclic amines) is 1. The van der Waals surface area contributed by atoms with Gasteiger partial charge in [-0.1, -0.05) is 32.0 Å². The predicted octanol–water partition coefficient (Wildman–Crippen LogP) is 7.68. The third-order valence-corrected chi connectivity index (χ3v) is 8.18. The summed E-state index contributed by atoms with van der Waals surface area (Å²) in [5, 5.41) is 6.01. The van der Waals surface area contributed by atoms with Crippen LogP contribution in [0, 0.1) is 0 Å². The molecule has 4 rings (SSSR count). The minimum atomic E-state index is -0.698. The van der Waals surface area contributed by atoms with Crippen LogP contribution in [0.3, 0.4) is 0 Å². The molecule has 0 N–H and O–H groups in total. The van der Waals surface area contributed by atoms with Crippen LogP contribution < -0.4 is 9.64 Å². The van der Waals surface area contributed by atoms with Crippen molar-refractivity contribution in [2.45, 2.75) is 109 Å². The lowest BCUT2D eigenvalue weighted by atomic mass is 10.1. The number of hydrogen-bond donors (Lipinski definition) is 0. The fourth-order valence-corrected chi connectivity index (χ4v) is 6.01. The van der Waals surface area contributed by atoms with Gasteiger partial charge in [0.2, 0.25) is 0 Å². The number of fused-ring (bicyclic) bond motifs is 1. The van der Waals surface area contributed by atoms with Crippen molar-refractivity contribution in [1.82, 2.24) is 19.5 Å². The Morgan fingerprint density at radius 2 is 1.70 bits per heavy atom. The number of hydrogen-bond acceptors (Lipinski definition) is 8. The molecule has 1 aliphatic heterocycles. The predicted molar refractivity (Wildman–Crippen MR) is 174 cm³/mol. The van der Waals surface area contributed by atoms with E-state index in [1.807, 2.05) is 89.5 Å². The fraction of sp³-hybridized carbons (Fsp3) is 0.576. The second kappa shape index (κ2) is 13.7. The normalized spacial score (nSPS) is 14.6. The zero-order valence-electron chi connectivity index (χ0n) is 27.5. The Hall–Kier alpha value is -3.47. The lowest BCUT2D eigenvalue weighted by molar-refractivity contribution is 0.0219. The van der Waals surface area contributed by atoms with Crippen molar-refractivity contribution >= 4 is 35.3 Å². The first-order chi connectivity index (χ1) is 20.6. The molecule has 1 fully saturated rings. The van der Waals surface area contributed by atoms with Gasteiger partial charge >= 0.3 is 12.2 Å². The quantitative estimate of drug-likeness (QED) is 0.251. The van der Waals surface area contributed by atoms with Crippen molar-refractivity contribution in [1.29, 1.82) is 0 Å². The molecule has 0 unspecified atom stereocenters. The number of ether oxygens (including phenoxy) is 3. The molecule has 3 heterocycles. The first-order valence-corrected chi connectivity index (χ1v) is 16.3. The smallest absolute Gasteiger partial charge is 0.415 e. The van der Waals surface area contributed by atoms with E-state index in [4.69, 9.17) is 24.3 Å². The summed E-state index contributed by atoms with van der Waals surface area (Å²) in [7, 11) is 0. The fourth-order valence-electron chi connectivity index (χ4n) is 4.92. The molecule has 11 heteroatoms. The minimum Gasteiger partial charge on any atom is -0.494 e. The minimum absolute atomic E-state index is 0.163. The van der Waals surface area contributed by atoms with E-state index in [1.54, 1.807) is 21.6 Å². The highest BCUT2D eigenvalue weighted by Crippen LogP contribution is 2.36. The molecule has 3 aromatic rings. The van der Waals surface area contributed by atoms with E-state index in [2.05, 4.69) is 13.8 Å². The number of thioether (sulfide) groups is 1. The molecule has 0 bridgehead atoms. The zero-order chi connectivity index (χ0) is 32.2. The van der Waals surface area contributed by atoms with Crippen molar-refractivity contribution in [3.63, 3.8) is 0 Å². The van der Waals surface area contributed by atoms with Crippen molar-refractivity contribution in [2.75, 3.05) is 24.6 Å². The molecule has 10 nitrogen and oxygen atoms in total. The Kier molecular flexibility index (Phi) is 10.4. The number of amides is 2. The number of carbonyl (C=O) groups is 2. The lowest BCUT2D eigenvalue weighted by Gasteiger charge is -2.33. The van der Waals surface area contributed by atoms with E-state index < -0.39 is 17.3 Å². The molecule has 240 valence electrons. The number of nitrogens with zero attached hydrogens (tertiary/aromatic N) is 5. The van der Waals surface area contributed by atoms with Crippen LogP contribution in [-0.2, 0) is 16.0 Å². The van der Waals surface area contributed by atoms with Crippen LogP contribution in [0.4, 0.5) is 15.3 Å². The Morgan fingerprint density at radius 1 is 1.05 bits per heavy atom. The van der Waals surface area contributed by atoms with Gasteiger partial charge in [-0.3, -0.25) is 4.90 Å². The number of imidazole rings is 1. The molecular formula is C33H47N5O5S. The number of aromatic nitrogens is 3. The number of carbonyl (C=O) groups excluding carboxylic acids is 2. The SMILES string of the molecule is CCOc1ccccc1CN(C(=O)OC(C)(C)C)c1cc(SC2CCN(C(=O)OC(C)(C)C)CC2)nn2c(C(C)C)cnc12. The Bertz CT molecular complexity index is 1450. The molecule has 44 heavy (non-hydrogen) atoms. The second-order valence-corrected chi connectivity index (χ2v) is 14.7. The van der Waals surface area contributed by atoms with Crippen LogP contribution in [0.25, 0.3) is 5.65 Å². The summed E-state index contributed by atoms with van der Waals surface area (Å²) in [5.41, 5.74) is 1.77. The lowest BCUT2D eigenvalue weighted by Crippen LogP contribution is -2.42. The number of benzene rings is 1. The van der Waals surface area contributed by atoms with Gasteiger partial charge in [0, 0.05) is 23.9 Å². The molecule has 1 aromatic carbocycles. The topological polar surface area (TPSA) is 98.5 Å². The highest BCUT2D eigenvalue weighted by atomic mass is 32.2. The van der Waals surface area contributed by atoms with Crippen molar-refractivity contribution in [3.8, 4) is 5.75 Å². The molecule has 2 aromatic heterocycles. The largest absolute Gasteiger partial charge is 0.494 e. The third-order valence-electron chi connectivity index (χ3n) is 6.93. The summed E-state index contributed by atoms with van der Waals surface area (Å²) in [5.74, 6) is 0.877. The van der Waals surface area contributed by atoms with Crippen LogP contribution in [0.15, 0.2) is 41.6 Å². The first kappa shape index (κ1) is 33.4. The van der Waals surface area contributed by atoms with Gasteiger partial charge in [-0.15, -0.1) is 11.8 Å². The molecule has 0 spiro atoms. The van der Waals surface area contributed by atoms with Crippen LogP contribution in [0.1, 0.15) is 92.3 Å². The summed E-state index contributed by atoms with van der Waals surface area (Å²) < 4.78 is 19.2. The van der Waals surface area contributed by atoms with Crippen LogP contribution >= 0.6 is 11.8 Å². The van der Waals surface area contributed by atoms with Gasteiger partial charge in [0.05, 0.1) is 30.7 Å². The summed E-state index contributed by atoms with van der Waals surface area (Å²) in [6, 6.07) is 9.66. The molecule has 2 amide bonds. The van der Waals surface area contributed by atoms with Gasteiger partial charge in [-0.2, -0.15) is 5.10 Å². The van der Waals surface area contributed by atoms with Gasteiger partial charge in [0.1, 0.15) is 22.0 Å². The third kappa shape index (κ3) is 8.58. The van der Waals surface area contributed by atoms with Gasteiger partial charge in [0.15, 0.2) is 5.65 Å². The summed E-state index contributed by atoms with van der Waals surface area (Å²) in [6.07, 6.45) is 2.68. The van der Waals surface area contributed by atoms with Gasteiger partial charge in [0.25, 0.3) is 0 Å². The zero-order valence-corrected chi connectivity index (χ0v) is 28.4. The highest BCUT2D eigenvalue weighted by Gasteiger charge is 2.31. The van der Waals surface area contributed by atoms with E-state index >= 15 is 0 Å². The van der Waals surface area contributed by atoms with E-state index in [0.717, 1.165) is 29.1 Å². The summed E-state index contributed by atoms with van der Waals surface area (Å²) >= 11 is 1.66. The van der Waals surface area contributed by atoms with Crippen LogP contribution in [0.2, 0.25) is 0 Å². The van der Waals surface area contributed by atoms with Gasteiger partial charge < -0.3 is 19.1 Å². The number of piperidine rings is 1. The van der Waals surface area contributed by atoms with E-state index in [9.17, 15) is 9.59 Å². The first-order valence-electron chi connectivity index (χ1n) is 15.4. The number of rotatable bonds is 8. The molecule has 0 aliphatic carbocycles. The van der Waals surface area contributed by atoms with Crippen molar-refractivity contribution < 1.29 is 23.8 Å². The maximum atomic E-state index is 13.9.